The van der Waals surface area contributed by atoms with Crippen LogP contribution in [0.5, 0.6) is 5.75 Å². The second-order valence-corrected chi connectivity index (χ2v) is 7.85. The van der Waals surface area contributed by atoms with Crippen molar-refractivity contribution < 1.29 is 4.74 Å². The van der Waals surface area contributed by atoms with Crippen LogP contribution in [0.1, 0.15) is 58.4 Å². The van der Waals surface area contributed by atoms with Crippen molar-refractivity contribution in [3.05, 3.63) is 29.8 Å². The first-order valence-corrected chi connectivity index (χ1v) is 9.65. The minimum atomic E-state index is 0.284. The molecular formula is C21H36N2O. The lowest BCUT2D eigenvalue weighted by Gasteiger charge is -2.37. The van der Waals surface area contributed by atoms with E-state index in [2.05, 4.69) is 55.3 Å². The molecule has 1 N–H and O–H groups in total. The highest BCUT2D eigenvalue weighted by atomic mass is 16.5. The molecule has 1 aromatic carbocycles. The van der Waals surface area contributed by atoms with Gasteiger partial charge in [-0.25, -0.2) is 0 Å². The van der Waals surface area contributed by atoms with Crippen LogP contribution in [0.15, 0.2) is 24.3 Å². The maximum Gasteiger partial charge on any atom is 0.118 e. The summed E-state index contributed by atoms with van der Waals surface area (Å²) >= 11 is 0. The summed E-state index contributed by atoms with van der Waals surface area (Å²) in [6.45, 7) is 10.6. The second-order valence-electron chi connectivity index (χ2n) is 7.85. The minimum absolute atomic E-state index is 0.284. The fraction of sp³-hybridized carbons (Fsp3) is 0.714. The predicted octanol–water partition coefficient (Wildman–Crippen LogP) is 4.26. The Labute approximate surface area is 148 Å². The molecule has 1 aliphatic heterocycles. The van der Waals surface area contributed by atoms with Crippen molar-refractivity contribution in [1.29, 1.82) is 0 Å². The topological polar surface area (TPSA) is 24.5 Å². The Morgan fingerprint density at radius 3 is 2.42 bits per heavy atom. The van der Waals surface area contributed by atoms with Gasteiger partial charge in [0, 0.05) is 18.1 Å². The number of hydrogen-bond acceptors (Lipinski definition) is 3. The van der Waals surface area contributed by atoms with E-state index >= 15 is 0 Å². The first-order chi connectivity index (χ1) is 11.5. The normalized spacial score (nSPS) is 17.2. The molecule has 0 bridgehead atoms. The van der Waals surface area contributed by atoms with Crippen LogP contribution in [0.25, 0.3) is 0 Å². The molecule has 0 spiro atoms. The van der Waals surface area contributed by atoms with Gasteiger partial charge in [-0.05, 0) is 70.3 Å². The van der Waals surface area contributed by atoms with E-state index in [1.807, 2.05) is 0 Å². The number of methoxy groups -OCH3 is 1. The quantitative estimate of drug-likeness (QED) is 0.731. The molecule has 0 radical (unpaired) electrons. The summed E-state index contributed by atoms with van der Waals surface area (Å²) in [6, 6.07) is 9.18. The lowest BCUT2D eigenvalue weighted by atomic mass is 9.93. The van der Waals surface area contributed by atoms with Crippen LogP contribution in [0.2, 0.25) is 0 Å². The van der Waals surface area contributed by atoms with Gasteiger partial charge in [0.2, 0.25) is 0 Å². The van der Waals surface area contributed by atoms with Crippen LogP contribution in [0, 0.1) is 0 Å². The van der Waals surface area contributed by atoms with Crippen LogP contribution in [-0.2, 0) is 6.42 Å². The number of likely N-dealkylation sites (tertiary alicyclic amines) is 1. The van der Waals surface area contributed by atoms with E-state index in [1.54, 1.807) is 7.11 Å². The first-order valence-electron chi connectivity index (χ1n) is 9.65. The van der Waals surface area contributed by atoms with Crippen LogP contribution >= 0.6 is 0 Å². The minimum Gasteiger partial charge on any atom is -0.497 e. The summed E-state index contributed by atoms with van der Waals surface area (Å²) in [6.07, 6.45) is 7.57. The summed E-state index contributed by atoms with van der Waals surface area (Å²) in [4.78, 5) is 2.61. The third kappa shape index (κ3) is 6.45. The zero-order valence-corrected chi connectivity index (χ0v) is 16.1. The van der Waals surface area contributed by atoms with Gasteiger partial charge in [-0.3, -0.25) is 0 Å². The maximum absolute atomic E-state index is 5.22. The van der Waals surface area contributed by atoms with E-state index in [4.69, 9.17) is 4.74 Å². The average Bonchev–Trinajstić information content (AvgIpc) is 2.59. The maximum atomic E-state index is 5.22. The Morgan fingerprint density at radius 1 is 1.17 bits per heavy atom. The van der Waals surface area contributed by atoms with Crippen molar-refractivity contribution in [2.75, 3.05) is 26.7 Å². The molecular weight excluding hydrogens is 296 g/mol. The largest absolute Gasteiger partial charge is 0.497 e. The van der Waals surface area contributed by atoms with Gasteiger partial charge in [0.15, 0.2) is 0 Å². The van der Waals surface area contributed by atoms with Crippen molar-refractivity contribution in [2.45, 2.75) is 70.9 Å². The molecule has 0 saturated carbocycles. The number of benzene rings is 1. The van der Waals surface area contributed by atoms with Crippen LogP contribution in [0.3, 0.4) is 0 Å². The highest BCUT2D eigenvalue weighted by molar-refractivity contribution is 5.27. The summed E-state index contributed by atoms with van der Waals surface area (Å²) in [5.41, 5.74) is 1.68. The van der Waals surface area contributed by atoms with Gasteiger partial charge in [0.05, 0.1) is 7.11 Å². The molecule has 3 nitrogen and oxygen atoms in total. The molecule has 1 aromatic rings. The number of nitrogens with zero attached hydrogens (tertiary/aromatic N) is 1. The van der Waals surface area contributed by atoms with Gasteiger partial charge in [0.1, 0.15) is 5.75 Å². The highest BCUT2D eigenvalue weighted by Gasteiger charge is 2.25. The number of ether oxygens (including phenoxy) is 1. The van der Waals surface area contributed by atoms with Crippen LogP contribution in [-0.4, -0.2) is 43.2 Å². The predicted molar refractivity (Wildman–Crippen MR) is 103 cm³/mol. The van der Waals surface area contributed by atoms with Crippen molar-refractivity contribution in [1.82, 2.24) is 10.2 Å². The molecule has 1 aliphatic rings. The van der Waals surface area contributed by atoms with Gasteiger partial charge < -0.3 is 15.0 Å². The van der Waals surface area contributed by atoms with Crippen molar-refractivity contribution >= 4 is 0 Å². The molecule has 136 valence electrons. The van der Waals surface area contributed by atoms with Crippen molar-refractivity contribution in [2.24, 2.45) is 0 Å². The Morgan fingerprint density at radius 2 is 1.83 bits per heavy atom. The molecule has 1 fully saturated rings. The Balaban J connectivity index is 1.68. The van der Waals surface area contributed by atoms with Gasteiger partial charge in [-0.2, -0.15) is 0 Å². The standard InChI is InChI=1S/C21H36N2O/c1-5-6-14-21(2,3)22-19-12-16-23(17-13-19)15-11-18-7-9-20(24-4)10-8-18/h7-10,19,22H,5-6,11-17H2,1-4H3. The first kappa shape index (κ1) is 19.3. The van der Waals surface area contributed by atoms with Gasteiger partial charge in [-0.1, -0.05) is 31.9 Å². The molecule has 0 atom stereocenters. The van der Waals surface area contributed by atoms with E-state index in [9.17, 15) is 0 Å². The SMILES string of the molecule is CCCCC(C)(C)NC1CCN(CCc2ccc(OC)cc2)CC1. The Hall–Kier alpha value is -1.06. The average molecular weight is 333 g/mol. The van der Waals surface area contributed by atoms with Crippen molar-refractivity contribution in [3.63, 3.8) is 0 Å². The molecule has 0 unspecified atom stereocenters. The zero-order chi connectivity index (χ0) is 17.4. The van der Waals surface area contributed by atoms with E-state index in [-0.39, 0.29) is 5.54 Å². The third-order valence-corrected chi connectivity index (χ3v) is 5.21. The fourth-order valence-electron chi connectivity index (χ4n) is 3.62. The molecule has 0 amide bonds. The summed E-state index contributed by atoms with van der Waals surface area (Å²) in [7, 11) is 1.72. The van der Waals surface area contributed by atoms with E-state index < -0.39 is 0 Å². The molecule has 1 heterocycles. The smallest absolute Gasteiger partial charge is 0.118 e. The lowest BCUT2D eigenvalue weighted by molar-refractivity contribution is 0.175. The molecule has 24 heavy (non-hydrogen) atoms. The van der Waals surface area contributed by atoms with Gasteiger partial charge in [-0.15, -0.1) is 0 Å². The number of rotatable bonds is 9. The second kappa shape index (κ2) is 9.43. The van der Waals surface area contributed by atoms with Crippen LogP contribution in [0.4, 0.5) is 0 Å². The Bertz CT molecular complexity index is 461. The van der Waals surface area contributed by atoms with E-state index in [0.29, 0.717) is 6.04 Å². The number of piperidine rings is 1. The molecule has 0 aromatic heterocycles. The monoisotopic (exact) mass is 332 g/mol. The zero-order valence-electron chi connectivity index (χ0n) is 16.1. The molecule has 0 aliphatic carbocycles. The number of unbranched alkanes of at least 4 members (excludes halogenated alkanes) is 1. The molecule has 1 saturated heterocycles. The molecule has 2 rings (SSSR count). The number of hydrogen-bond donors (Lipinski definition) is 1. The lowest BCUT2D eigenvalue weighted by Crippen LogP contribution is -2.50. The summed E-state index contributed by atoms with van der Waals surface area (Å²) < 4.78 is 5.22. The van der Waals surface area contributed by atoms with E-state index in [0.717, 1.165) is 18.7 Å². The summed E-state index contributed by atoms with van der Waals surface area (Å²) in [5, 5.41) is 3.90. The highest BCUT2D eigenvalue weighted by Crippen LogP contribution is 2.19. The van der Waals surface area contributed by atoms with Crippen LogP contribution < -0.4 is 10.1 Å². The molecule has 3 heteroatoms. The van der Waals surface area contributed by atoms with E-state index in [1.165, 1.54) is 50.8 Å². The summed E-state index contributed by atoms with van der Waals surface area (Å²) in [5.74, 6) is 0.941. The third-order valence-electron chi connectivity index (χ3n) is 5.21. The Kier molecular flexibility index (Phi) is 7.57. The van der Waals surface area contributed by atoms with Crippen molar-refractivity contribution in [3.8, 4) is 5.75 Å². The fourth-order valence-corrected chi connectivity index (χ4v) is 3.62. The van der Waals surface area contributed by atoms with Gasteiger partial charge >= 0.3 is 0 Å². The van der Waals surface area contributed by atoms with Gasteiger partial charge in [0.25, 0.3) is 0 Å². The number of nitrogens with one attached hydrogen (secondary N) is 1.